The highest BCUT2D eigenvalue weighted by atomic mass is 35.5. The first-order valence-corrected chi connectivity index (χ1v) is 5.32. The Labute approximate surface area is 91.5 Å². The molecule has 0 spiro atoms. The molecule has 0 bridgehead atoms. The molecule has 1 aliphatic carbocycles. The summed E-state index contributed by atoms with van der Waals surface area (Å²) in [4.78, 5) is 7.82. The smallest absolute Gasteiger partial charge is 0.197 e. The molecule has 1 aliphatic rings. The molecule has 1 saturated carbocycles. The Morgan fingerprint density at radius 3 is 2.07 bits per heavy atom. The molecule has 0 saturated heterocycles. The maximum Gasteiger partial charge on any atom is 0.197 e. The van der Waals surface area contributed by atoms with E-state index in [1.165, 1.54) is 12.8 Å². The van der Waals surface area contributed by atoms with Crippen molar-refractivity contribution < 1.29 is 4.39 Å². The van der Waals surface area contributed by atoms with Gasteiger partial charge < -0.3 is 0 Å². The average Bonchev–Trinajstić information content (AvgIpc) is 2.66. The van der Waals surface area contributed by atoms with Gasteiger partial charge in [0, 0.05) is 5.92 Å². The van der Waals surface area contributed by atoms with Crippen LogP contribution >= 0.6 is 23.2 Å². The molecule has 0 aromatic carbocycles. The molecule has 1 aromatic heterocycles. The van der Waals surface area contributed by atoms with Gasteiger partial charge in [-0.15, -0.1) is 0 Å². The summed E-state index contributed by atoms with van der Waals surface area (Å²) in [5.74, 6) is 0.152. The third-order valence-corrected chi connectivity index (χ3v) is 3.01. The molecule has 1 fully saturated rings. The second kappa shape index (κ2) is 3.99. The van der Waals surface area contributed by atoms with Crippen LogP contribution in [0.25, 0.3) is 0 Å². The average molecular weight is 235 g/mol. The fourth-order valence-corrected chi connectivity index (χ4v) is 2.18. The van der Waals surface area contributed by atoms with Crippen LogP contribution in [0.4, 0.5) is 4.39 Å². The molecule has 0 atom stereocenters. The summed E-state index contributed by atoms with van der Waals surface area (Å²) in [6, 6.07) is 0. The van der Waals surface area contributed by atoms with Gasteiger partial charge in [-0.1, -0.05) is 36.0 Å². The first kappa shape index (κ1) is 10.1. The zero-order valence-corrected chi connectivity index (χ0v) is 8.95. The third-order valence-electron chi connectivity index (χ3n) is 2.51. The van der Waals surface area contributed by atoms with Gasteiger partial charge in [0.05, 0.1) is 0 Å². The highest BCUT2D eigenvalue weighted by Crippen LogP contribution is 2.33. The minimum Gasteiger partial charge on any atom is -0.218 e. The second-order valence-electron chi connectivity index (χ2n) is 3.46. The van der Waals surface area contributed by atoms with E-state index in [1.54, 1.807) is 0 Å². The molecule has 2 rings (SSSR count). The van der Waals surface area contributed by atoms with E-state index in [4.69, 9.17) is 23.2 Å². The number of nitrogens with zero attached hydrogens (tertiary/aromatic N) is 2. The van der Waals surface area contributed by atoms with Crippen molar-refractivity contribution in [2.24, 2.45) is 0 Å². The van der Waals surface area contributed by atoms with Crippen molar-refractivity contribution in [3.05, 3.63) is 21.9 Å². The van der Waals surface area contributed by atoms with Gasteiger partial charge in [0.15, 0.2) is 16.1 Å². The van der Waals surface area contributed by atoms with Gasteiger partial charge in [-0.25, -0.2) is 14.4 Å². The summed E-state index contributed by atoms with van der Waals surface area (Å²) >= 11 is 11.2. The minimum atomic E-state index is -0.727. The van der Waals surface area contributed by atoms with Gasteiger partial charge in [-0.05, 0) is 12.8 Å². The highest BCUT2D eigenvalue weighted by Gasteiger charge is 2.22. The molecular formula is C9H9Cl2FN2. The molecule has 5 heteroatoms. The molecule has 76 valence electrons. The van der Waals surface area contributed by atoms with E-state index in [9.17, 15) is 4.39 Å². The van der Waals surface area contributed by atoms with Crippen molar-refractivity contribution in [3.63, 3.8) is 0 Å². The molecular weight excluding hydrogens is 226 g/mol. The van der Waals surface area contributed by atoms with E-state index in [0.717, 1.165) is 12.8 Å². The molecule has 0 radical (unpaired) electrons. The van der Waals surface area contributed by atoms with Crippen molar-refractivity contribution in [1.29, 1.82) is 0 Å². The van der Waals surface area contributed by atoms with E-state index in [2.05, 4.69) is 9.97 Å². The van der Waals surface area contributed by atoms with Crippen molar-refractivity contribution >= 4 is 23.2 Å². The largest absolute Gasteiger partial charge is 0.218 e. The lowest BCUT2D eigenvalue weighted by atomic mass is 10.1. The number of halogens is 3. The normalized spacial score (nSPS) is 17.6. The first-order valence-electron chi connectivity index (χ1n) is 4.57. The van der Waals surface area contributed by atoms with Crippen molar-refractivity contribution in [3.8, 4) is 0 Å². The number of hydrogen-bond donors (Lipinski definition) is 0. The van der Waals surface area contributed by atoms with Crippen LogP contribution in [-0.4, -0.2) is 9.97 Å². The van der Waals surface area contributed by atoms with E-state index in [1.807, 2.05) is 0 Å². The zero-order valence-electron chi connectivity index (χ0n) is 7.43. The summed E-state index contributed by atoms with van der Waals surface area (Å²) in [5, 5.41) is -0.348. The summed E-state index contributed by atoms with van der Waals surface area (Å²) in [6.07, 6.45) is 4.41. The highest BCUT2D eigenvalue weighted by molar-refractivity contribution is 6.33. The summed E-state index contributed by atoms with van der Waals surface area (Å²) in [5.41, 5.74) is 0. The van der Waals surface area contributed by atoms with Gasteiger partial charge in [0.1, 0.15) is 5.82 Å². The van der Waals surface area contributed by atoms with Gasteiger partial charge in [-0.3, -0.25) is 0 Å². The Balaban J connectivity index is 2.34. The van der Waals surface area contributed by atoms with Crippen molar-refractivity contribution in [2.75, 3.05) is 0 Å². The third kappa shape index (κ3) is 1.84. The van der Waals surface area contributed by atoms with Gasteiger partial charge >= 0.3 is 0 Å². The van der Waals surface area contributed by atoms with E-state index >= 15 is 0 Å². The van der Waals surface area contributed by atoms with Gasteiger partial charge in [-0.2, -0.15) is 0 Å². The summed E-state index contributed by atoms with van der Waals surface area (Å²) in [6.45, 7) is 0. The maximum atomic E-state index is 13.0. The Kier molecular flexibility index (Phi) is 2.88. The molecule has 2 nitrogen and oxygen atoms in total. The van der Waals surface area contributed by atoms with E-state index in [0.29, 0.717) is 11.7 Å². The molecule has 0 aliphatic heterocycles. The standard InChI is InChI=1S/C9H9Cl2FN2/c10-7-6(12)8(11)14-9(13-7)5-3-1-2-4-5/h5H,1-4H2. The number of rotatable bonds is 1. The predicted molar refractivity (Wildman–Crippen MR) is 53.2 cm³/mol. The van der Waals surface area contributed by atoms with Gasteiger partial charge in [0.25, 0.3) is 0 Å². The predicted octanol–water partition coefficient (Wildman–Crippen LogP) is 3.58. The van der Waals surface area contributed by atoms with E-state index < -0.39 is 5.82 Å². The Hall–Kier alpha value is -0.410. The van der Waals surface area contributed by atoms with Crippen LogP contribution < -0.4 is 0 Å². The van der Waals surface area contributed by atoms with E-state index in [-0.39, 0.29) is 10.3 Å². The summed E-state index contributed by atoms with van der Waals surface area (Å²) < 4.78 is 13.0. The Morgan fingerprint density at radius 2 is 1.57 bits per heavy atom. The maximum absolute atomic E-state index is 13.0. The molecule has 0 amide bonds. The molecule has 1 heterocycles. The molecule has 0 unspecified atom stereocenters. The van der Waals surface area contributed by atoms with Crippen LogP contribution in [0, 0.1) is 5.82 Å². The van der Waals surface area contributed by atoms with Crippen LogP contribution in [0.5, 0.6) is 0 Å². The first-order chi connectivity index (χ1) is 6.68. The number of aromatic nitrogens is 2. The van der Waals surface area contributed by atoms with Crippen LogP contribution in [-0.2, 0) is 0 Å². The van der Waals surface area contributed by atoms with Crippen molar-refractivity contribution in [2.45, 2.75) is 31.6 Å². The Bertz CT molecular complexity index is 328. The van der Waals surface area contributed by atoms with Gasteiger partial charge in [0.2, 0.25) is 0 Å². The number of hydrogen-bond acceptors (Lipinski definition) is 2. The topological polar surface area (TPSA) is 25.8 Å². The SMILES string of the molecule is Fc1c(Cl)nc(C2CCCC2)nc1Cl. The lowest BCUT2D eigenvalue weighted by Gasteiger charge is -2.08. The van der Waals surface area contributed by atoms with Crippen molar-refractivity contribution in [1.82, 2.24) is 9.97 Å². The summed E-state index contributed by atoms with van der Waals surface area (Å²) in [7, 11) is 0. The molecule has 0 N–H and O–H groups in total. The van der Waals surface area contributed by atoms with Crippen LogP contribution in [0.2, 0.25) is 10.3 Å². The lowest BCUT2D eigenvalue weighted by Crippen LogP contribution is -2.03. The zero-order chi connectivity index (χ0) is 10.1. The monoisotopic (exact) mass is 234 g/mol. The quantitative estimate of drug-likeness (QED) is 0.695. The van der Waals surface area contributed by atoms with Crippen LogP contribution in [0.1, 0.15) is 37.4 Å². The fraction of sp³-hybridized carbons (Fsp3) is 0.556. The Morgan fingerprint density at radius 1 is 1.07 bits per heavy atom. The fourth-order valence-electron chi connectivity index (χ4n) is 1.78. The minimum absolute atomic E-state index is 0.174. The molecule has 1 aromatic rings. The lowest BCUT2D eigenvalue weighted by molar-refractivity contribution is 0.595. The van der Waals surface area contributed by atoms with Crippen LogP contribution in [0.3, 0.4) is 0 Å². The van der Waals surface area contributed by atoms with Crippen LogP contribution in [0.15, 0.2) is 0 Å². The second-order valence-corrected chi connectivity index (χ2v) is 4.17. The molecule has 14 heavy (non-hydrogen) atoms.